The molecule has 0 N–H and O–H groups in total. The van der Waals surface area contributed by atoms with Gasteiger partial charge in [0.15, 0.2) is 23.9 Å². The Bertz CT molecular complexity index is 947. The van der Waals surface area contributed by atoms with Crippen molar-refractivity contribution in [2.24, 2.45) is 0 Å². The summed E-state index contributed by atoms with van der Waals surface area (Å²) in [6, 6.07) is 12.8. The second-order valence-electron chi connectivity index (χ2n) is 5.47. The van der Waals surface area contributed by atoms with Crippen LogP contribution in [0.5, 0.6) is 11.5 Å². The maximum absolute atomic E-state index is 12.3. The lowest BCUT2D eigenvalue weighted by Crippen LogP contribution is -2.24. The molecule has 0 aliphatic heterocycles. The van der Waals surface area contributed by atoms with Crippen LogP contribution in [0.25, 0.3) is 0 Å². The van der Waals surface area contributed by atoms with E-state index < -0.39 is 10.0 Å². The molecule has 136 valence electrons. The second kappa shape index (κ2) is 7.89. The highest BCUT2D eigenvalue weighted by Crippen LogP contribution is 2.28. The summed E-state index contributed by atoms with van der Waals surface area (Å²) in [6.07, 6.45) is 1.10. The Kier molecular flexibility index (Phi) is 5.85. The van der Waals surface area contributed by atoms with Crippen LogP contribution in [0, 0.1) is 11.3 Å². The van der Waals surface area contributed by atoms with Crippen molar-refractivity contribution >= 4 is 21.5 Å². The van der Waals surface area contributed by atoms with E-state index >= 15 is 0 Å². The van der Waals surface area contributed by atoms with Crippen molar-refractivity contribution in [1.29, 1.82) is 5.26 Å². The summed E-state index contributed by atoms with van der Waals surface area (Å²) in [7, 11) is -0.478. The van der Waals surface area contributed by atoms with Crippen LogP contribution in [0.3, 0.4) is 0 Å². The third-order valence-electron chi connectivity index (χ3n) is 3.70. The van der Waals surface area contributed by atoms with Gasteiger partial charge in [0.2, 0.25) is 10.0 Å². The quantitative estimate of drug-likeness (QED) is 0.690. The van der Waals surface area contributed by atoms with Crippen molar-refractivity contribution in [3.63, 3.8) is 0 Å². The summed E-state index contributed by atoms with van der Waals surface area (Å²) in [5.41, 5.74) is 1.27. The van der Waals surface area contributed by atoms with Gasteiger partial charge in [0.05, 0.1) is 30.7 Å². The fraction of sp³-hybridized carbons (Fsp3) is 0.222. The number of nitrogens with zero attached hydrogens (tertiary/aromatic N) is 2. The molecule has 2 rings (SSSR count). The molecule has 8 heteroatoms. The first kappa shape index (κ1) is 19.3. The number of hydrogen-bond acceptors (Lipinski definition) is 6. The zero-order valence-electron chi connectivity index (χ0n) is 14.6. The van der Waals surface area contributed by atoms with Crippen molar-refractivity contribution in [2.75, 3.05) is 31.3 Å². The molecule has 2 aromatic rings. The summed E-state index contributed by atoms with van der Waals surface area (Å²) in [5, 5.41) is 8.89. The van der Waals surface area contributed by atoms with Gasteiger partial charge in [-0.2, -0.15) is 5.26 Å². The van der Waals surface area contributed by atoms with E-state index in [1.165, 1.54) is 20.2 Å². The Labute approximate surface area is 152 Å². The molecule has 0 bridgehead atoms. The van der Waals surface area contributed by atoms with E-state index in [1.807, 2.05) is 6.07 Å². The monoisotopic (exact) mass is 374 g/mol. The first-order chi connectivity index (χ1) is 12.3. The third kappa shape index (κ3) is 4.52. The van der Waals surface area contributed by atoms with Crippen molar-refractivity contribution in [3.05, 3.63) is 53.6 Å². The minimum Gasteiger partial charge on any atom is -0.493 e. The van der Waals surface area contributed by atoms with Crippen LogP contribution in [0.1, 0.15) is 15.9 Å². The van der Waals surface area contributed by atoms with E-state index in [2.05, 4.69) is 0 Å². The number of methoxy groups -OCH3 is 1. The summed E-state index contributed by atoms with van der Waals surface area (Å²) in [5.74, 6) is 0.445. The second-order valence-corrected chi connectivity index (χ2v) is 7.48. The first-order valence-corrected chi connectivity index (χ1v) is 9.39. The average Bonchev–Trinajstić information content (AvgIpc) is 2.64. The molecule has 0 unspecified atom stereocenters. The van der Waals surface area contributed by atoms with Gasteiger partial charge in [0.25, 0.3) is 0 Å². The molecule has 0 saturated heterocycles. The number of ether oxygens (including phenoxy) is 2. The highest BCUT2D eigenvalue weighted by molar-refractivity contribution is 7.92. The molecular weight excluding hydrogens is 356 g/mol. The van der Waals surface area contributed by atoms with Crippen LogP contribution < -0.4 is 13.8 Å². The number of ketones is 1. The third-order valence-corrected chi connectivity index (χ3v) is 4.91. The van der Waals surface area contributed by atoms with Gasteiger partial charge >= 0.3 is 0 Å². The SMILES string of the molecule is COc1cc(C#N)ccc1OCC(=O)c1ccc(N(C)S(C)(=O)=O)cc1. The Balaban J connectivity index is 2.08. The van der Waals surface area contributed by atoms with Gasteiger partial charge in [0.1, 0.15) is 0 Å². The molecule has 0 radical (unpaired) electrons. The zero-order valence-corrected chi connectivity index (χ0v) is 15.4. The van der Waals surface area contributed by atoms with E-state index in [4.69, 9.17) is 14.7 Å². The van der Waals surface area contributed by atoms with Gasteiger partial charge in [-0.3, -0.25) is 9.10 Å². The lowest BCUT2D eigenvalue weighted by molar-refractivity contribution is 0.0919. The number of carbonyl (C=O) groups is 1. The van der Waals surface area contributed by atoms with Gasteiger partial charge < -0.3 is 9.47 Å². The highest BCUT2D eigenvalue weighted by Gasteiger charge is 2.14. The molecule has 0 amide bonds. The molecule has 0 aliphatic rings. The molecule has 2 aromatic carbocycles. The maximum Gasteiger partial charge on any atom is 0.231 e. The van der Waals surface area contributed by atoms with Crippen LogP contribution in [-0.2, 0) is 10.0 Å². The Morgan fingerprint density at radius 1 is 1.15 bits per heavy atom. The number of hydrogen-bond donors (Lipinski definition) is 0. The van der Waals surface area contributed by atoms with Crippen molar-refractivity contribution in [2.45, 2.75) is 0 Å². The zero-order chi connectivity index (χ0) is 19.3. The van der Waals surface area contributed by atoms with E-state index in [0.29, 0.717) is 28.3 Å². The Hall–Kier alpha value is -3.05. The van der Waals surface area contributed by atoms with Crippen LogP contribution in [-0.4, -0.2) is 41.2 Å². The van der Waals surface area contributed by atoms with E-state index in [-0.39, 0.29) is 12.4 Å². The number of benzene rings is 2. The van der Waals surface area contributed by atoms with E-state index in [9.17, 15) is 13.2 Å². The molecule has 26 heavy (non-hydrogen) atoms. The van der Waals surface area contributed by atoms with Crippen LogP contribution in [0.15, 0.2) is 42.5 Å². The predicted molar refractivity (Wildman–Crippen MR) is 97.2 cm³/mol. The maximum atomic E-state index is 12.3. The summed E-state index contributed by atoms with van der Waals surface area (Å²) >= 11 is 0. The minimum atomic E-state index is -3.36. The molecule has 0 saturated carbocycles. The van der Waals surface area contributed by atoms with Gasteiger partial charge in [-0.25, -0.2) is 8.42 Å². The number of carbonyl (C=O) groups excluding carboxylic acids is 1. The van der Waals surface area contributed by atoms with Crippen LogP contribution >= 0.6 is 0 Å². The fourth-order valence-electron chi connectivity index (χ4n) is 2.13. The lowest BCUT2D eigenvalue weighted by atomic mass is 10.1. The standard InChI is InChI=1S/C18H18N2O5S/c1-20(26(3,22)23)15-7-5-14(6-8-15)16(21)12-25-17-9-4-13(11-19)10-18(17)24-2/h4-10H,12H2,1-3H3. The molecule has 0 heterocycles. The molecule has 0 fully saturated rings. The summed E-state index contributed by atoms with van der Waals surface area (Å²) in [4.78, 5) is 12.3. The molecule has 7 nitrogen and oxygen atoms in total. The molecule has 0 aromatic heterocycles. The van der Waals surface area contributed by atoms with Crippen molar-refractivity contribution < 1.29 is 22.7 Å². The van der Waals surface area contributed by atoms with Gasteiger partial charge in [-0.1, -0.05) is 0 Å². The molecule has 0 spiro atoms. The van der Waals surface area contributed by atoms with Crippen molar-refractivity contribution in [3.8, 4) is 17.6 Å². The van der Waals surface area contributed by atoms with E-state index in [0.717, 1.165) is 10.6 Å². The van der Waals surface area contributed by atoms with Gasteiger partial charge in [0, 0.05) is 18.7 Å². The number of rotatable bonds is 7. The van der Waals surface area contributed by atoms with E-state index in [1.54, 1.807) is 36.4 Å². The minimum absolute atomic E-state index is 0.219. The fourth-order valence-corrected chi connectivity index (χ4v) is 2.64. The topological polar surface area (TPSA) is 96.7 Å². The number of Topliss-reactive ketones (excluding diaryl/α,β-unsaturated/α-hetero) is 1. The highest BCUT2D eigenvalue weighted by atomic mass is 32.2. The van der Waals surface area contributed by atoms with Crippen LogP contribution in [0.4, 0.5) is 5.69 Å². The number of nitriles is 1. The molecule has 0 atom stereocenters. The van der Waals surface area contributed by atoms with Crippen molar-refractivity contribution in [1.82, 2.24) is 0 Å². The van der Waals surface area contributed by atoms with Crippen LogP contribution in [0.2, 0.25) is 0 Å². The summed E-state index contributed by atoms with van der Waals surface area (Å²) in [6.45, 7) is -0.219. The number of anilines is 1. The normalized spacial score (nSPS) is 10.7. The molecular formula is C18H18N2O5S. The summed E-state index contributed by atoms with van der Waals surface area (Å²) < 4.78 is 34.8. The smallest absolute Gasteiger partial charge is 0.231 e. The average molecular weight is 374 g/mol. The molecule has 0 aliphatic carbocycles. The number of sulfonamides is 1. The Morgan fingerprint density at radius 3 is 2.35 bits per heavy atom. The Morgan fingerprint density at radius 2 is 1.81 bits per heavy atom. The van der Waals surface area contributed by atoms with Gasteiger partial charge in [-0.15, -0.1) is 0 Å². The first-order valence-electron chi connectivity index (χ1n) is 7.54. The van der Waals surface area contributed by atoms with Gasteiger partial charge in [-0.05, 0) is 36.4 Å². The predicted octanol–water partition coefficient (Wildman–Crippen LogP) is 2.22. The lowest BCUT2D eigenvalue weighted by Gasteiger charge is -2.16. The largest absolute Gasteiger partial charge is 0.493 e.